The summed E-state index contributed by atoms with van der Waals surface area (Å²) < 4.78 is 5.66. The van der Waals surface area contributed by atoms with E-state index >= 15 is 0 Å². The van der Waals surface area contributed by atoms with Crippen molar-refractivity contribution in [2.45, 2.75) is 51.4 Å². The van der Waals surface area contributed by atoms with E-state index in [0.717, 1.165) is 29.1 Å². The predicted octanol–water partition coefficient (Wildman–Crippen LogP) is 6.23. The molecule has 0 saturated carbocycles. The van der Waals surface area contributed by atoms with Gasteiger partial charge in [-0.1, -0.05) is 66.1 Å². The molecule has 0 aliphatic carbocycles. The number of benzene rings is 1. The third-order valence-corrected chi connectivity index (χ3v) is 3.92. The van der Waals surface area contributed by atoms with Crippen molar-refractivity contribution in [1.82, 2.24) is 0 Å². The Kier molecular flexibility index (Phi) is 10.3. The van der Waals surface area contributed by atoms with Crippen LogP contribution in [0.15, 0.2) is 24.3 Å². The van der Waals surface area contributed by atoms with Gasteiger partial charge in [-0.15, -0.1) is 0 Å². The molecule has 19 heavy (non-hydrogen) atoms. The summed E-state index contributed by atoms with van der Waals surface area (Å²) in [6.07, 6.45) is 10.6. The van der Waals surface area contributed by atoms with Crippen LogP contribution in [0.25, 0.3) is 0 Å². The summed E-state index contributed by atoms with van der Waals surface area (Å²) in [7, 11) is 0. The number of hydrogen-bond acceptors (Lipinski definition) is 1. The van der Waals surface area contributed by atoms with Crippen LogP contribution in [0.5, 0.6) is 5.75 Å². The van der Waals surface area contributed by atoms with E-state index < -0.39 is 0 Å². The topological polar surface area (TPSA) is 9.23 Å². The van der Waals surface area contributed by atoms with Crippen LogP contribution in [0.3, 0.4) is 0 Å². The molecule has 0 aliphatic rings. The van der Waals surface area contributed by atoms with E-state index in [1.165, 1.54) is 44.9 Å². The van der Waals surface area contributed by atoms with Crippen molar-refractivity contribution in [3.8, 4) is 5.75 Å². The van der Waals surface area contributed by atoms with Crippen LogP contribution in [0, 0.1) is 0 Å². The molecule has 0 radical (unpaired) electrons. The SMILES string of the molecule is Clc1ccc(OCCCCCCCCCCBr)cc1. The molecule has 1 nitrogen and oxygen atoms in total. The number of unbranched alkanes of at least 4 members (excludes halogenated alkanes) is 7. The lowest BCUT2D eigenvalue weighted by Crippen LogP contribution is -1.96. The lowest BCUT2D eigenvalue weighted by Gasteiger charge is -2.06. The maximum absolute atomic E-state index is 5.82. The minimum absolute atomic E-state index is 0.757. The average molecular weight is 348 g/mol. The van der Waals surface area contributed by atoms with Gasteiger partial charge < -0.3 is 4.74 Å². The minimum Gasteiger partial charge on any atom is -0.494 e. The molecule has 0 N–H and O–H groups in total. The first-order chi connectivity index (χ1) is 9.33. The van der Waals surface area contributed by atoms with Gasteiger partial charge in [-0.2, -0.15) is 0 Å². The zero-order chi connectivity index (χ0) is 13.8. The van der Waals surface area contributed by atoms with Crippen molar-refractivity contribution in [2.24, 2.45) is 0 Å². The van der Waals surface area contributed by atoms with Crippen LogP contribution < -0.4 is 4.74 Å². The molecule has 108 valence electrons. The van der Waals surface area contributed by atoms with Gasteiger partial charge in [0.15, 0.2) is 0 Å². The number of alkyl halides is 1. The van der Waals surface area contributed by atoms with Crippen molar-refractivity contribution in [2.75, 3.05) is 11.9 Å². The Labute approximate surface area is 130 Å². The standard InChI is InChI=1S/C16H24BrClO/c17-13-7-5-3-1-2-4-6-8-14-19-16-11-9-15(18)10-12-16/h9-12H,1-8,13-14H2. The van der Waals surface area contributed by atoms with Crippen molar-refractivity contribution in [1.29, 1.82) is 0 Å². The smallest absolute Gasteiger partial charge is 0.119 e. The van der Waals surface area contributed by atoms with Gasteiger partial charge >= 0.3 is 0 Å². The molecule has 0 saturated heterocycles. The largest absolute Gasteiger partial charge is 0.494 e. The highest BCUT2D eigenvalue weighted by Gasteiger charge is 1.95. The first-order valence-electron chi connectivity index (χ1n) is 7.27. The summed E-state index contributed by atoms with van der Waals surface area (Å²) in [5.74, 6) is 0.916. The van der Waals surface area contributed by atoms with Gasteiger partial charge in [-0.25, -0.2) is 0 Å². The zero-order valence-corrected chi connectivity index (χ0v) is 13.9. The molecule has 0 amide bonds. The molecule has 0 bridgehead atoms. The van der Waals surface area contributed by atoms with E-state index in [9.17, 15) is 0 Å². The molecule has 0 aromatic heterocycles. The summed E-state index contributed by atoms with van der Waals surface area (Å²) in [5.41, 5.74) is 0. The second kappa shape index (κ2) is 11.6. The van der Waals surface area contributed by atoms with Crippen LogP contribution in [0.1, 0.15) is 51.4 Å². The van der Waals surface area contributed by atoms with E-state index in [1.54, 1.807) is 0 Å². The second-order valence-corrected chi connectivity index (χ2v) is 6.05. The summed E-state index contributed by atoms with van der Waals surface area (Å²) in [5, 5.41) is 1.90. The Morgan fingerprint density at radius 2 is 1.32 bits per heavy atom. The molecule has 1 aromatic rings. The highest BCUT2D eigenvalue weighted by molar-refractivity contribution is 9.09. The lowest BCUT2D eigenvalue weighted by atomic mass is 10.1. The summed E-state index contributed by atoms with van der Waals surface area (Å²) >= 11 is 9.28. The van der Waals surface area contributed by atoms with Crippen LogP contribution >= 0.6 is 27.5 Å². The molecule has 3 heteroatoms. The molecular formula is C16H24BrClO. The third-order valence-electron chi connectivity index (χ3n) is 3.11. The molecule has 0 heterocycles. The highest BCUT2D eigenvalue weighted by atomic mass is 79.9. The molecule has 0 fully saturated rings. The van der Waals surface area contributed by atoms with Gasteiger partial charge in [0.25, 0.3) is 0 Å². The second-order valence-electron chi connectivity index (χ2n) is 4.82. The molecule has 0 atom stereocenters. The normalized spacial score (nSPS) is 10.6. The monoisotopic (exact) mass is 346 g/mol. The fourth-order valence-electron chi connectivity index (χ4n) is 1.98. The summed E-state index contributed by atoms with van der Waals surface area (Å²) in [6.45, 7) is 0.811. The van der Waals surface area contributed by atoms with Crippen LogP contribution in [0.2, 0.25) is 5.02 Å². The quantitative estimate of drug-likeness (QED) is 0.340. The number of ether oxygens (including phenoxy) is 1. The number of rotatable bonds is 11. The fraction of sp³-hybridized carbons (Fsp3) is 0.625. The molecule has 0 spiro atoms. The molecule has 0 unspecified atom stereocenters. The average Bonchev–Trinajstić information content (AvgIpc) is 2.43. The van der Waals surface area contributed by atoms with Gasteiger partial charge in [-0.3, -0.25) is 0 Å². The Hall–Kier alpha value is -0.210. The molecule has 0 aliphatic heterocycles. The molecule has 1 aromatic carbocycles. The lowest BCUT2D eigenvalue weighted by molar-refractivity contribution is 0.304. The minimum atomic E-state index is 0.757. The van der Waals surface area contributed by atoms with Crippen LogP contribution in [0.4, 0.5) is 0 Å². The number of hydrogen-bond donors (Lipinski definition) is 0. The van der Waals surface area contributed by atoms with Gasteiger partial charge in [0.05, 0.1) is 6.61 Å². The van der Waals surface area contributed by atoms with E-state index in [2.05, 4.69) is 15.9 Å². The zero-order valence-electron chi connectivity index (χ0n) is 11.5. The predicted molar refractivity (Wildman–Crippen MR) is 87.7 cm³/mol. The first-order valence-corrected chi connectivity index (χ1v) is 8.77. The number of halogens is 2. The van der Waals surface area contributed by atoms with E-state index in [0.29, 0.717) is 0 Å². The van der Waals surface area contributed by atoms with Gasteiger partial charge in [0.1, 0.15) is 5.75 Å². The van der Waals surface area contributed by atoms with Gasteiger partial charge in [-0.05, 0) is 37.1 Å². The molecular weight excluding hydrogens is 324 g/mol. The van der Waals surface area contributed by atoms with Crippen LogP contribution in [-0.4, -0.2) is 11.9 Å². The Morgan fingerprint density at radius 3 is 1.89 bits per heavy atom. The Morgan fingerprint density at radius 1 is 0.789 bits per heavy atom. The highest BCUT2D eigenvalue weighted by Crippen LogP contribution is 2.16. The van der Waals surface area contributed by atoms with E-state index in [4.69, 9.17) is 16.3 Å². The third kappa shape index (κ3) is 9.34. The summed E-state index contributed by atoms with van der Waals surface area (Å²) in [6, 6.07) is 7.58. The Bertz CT molecular complexity index is 313. The van der Waals surface area contributed by atoms with Gasteiger partial charge in [0.2, 0.25) is 0 Å². The maximum atomic E-state index is 5.82. The first kappa shape index (κ1) is 16.8. The Balaban J connectivity index is 1.87. The van der Waals surface area contributed by atoms with Crippen LogP contribution in [-0.2, 0) is 0 Å². The van der Waals surface area contributed by atoms with Gasteiger partial charge in [0, 0.05) is 10.4 Å². The van der Waals surface area contributed by atoms with E-state index in [1.807, 2.05) is 24.3 Å². The molecule has 1 rings (SSSR count). The van der Waals surface area contributed by atoms with Crippen molar-refractivity contribution in [3.05, 3.63) is 29.3 Å². The fourth-order valence-corrected chi connectivity index (χ4v) is 2.50. The summed E-state index contributed by atoms with van der Waals surface area (Å²) in [4.78, 5) is 0. The maximum Gasteiger partial charge on any atom is 0.119 e. The van der Waals surface area contributed by atoms with Crippen molar-refractivity contribution in [3.63, 3.8) is 0 Å². The van der Waals surface area contributed by atoms with Crippen molar-refractivity contribution < 1.29 is 4.74 Å². The van der Waals surface area contributed by atoms with E-state index in [-0.39, 0.29) is 0 Å². The van der Waals surface area contributed by atoms with Crippen molar-refractivity contribution >= 4 is 27.5 Å².